The SMILES string of the molecule is CC#CCN(C)[C@H](CNCc1ccccc1)Cc1ccc(OCC(=O)OCC)cc1. The fourth-order valence-corrected chi connectivity index (χ4v) is 3.03. The summed E-state index contributed by atoms with van der Waals surface area (Å²) in [5, 5.41) is 3.57. The maximum Gasteiger partial charge on any atom is 0.344 e. The molecule has 0 radical (unpaired) electrons. The minimum absolute atomic E-state index is 0.0718. The molecule has 160 valence electrons. The van der Waals surface area contributed by atoms with Gasteiger partial charge in [-0.25, -0.2) is 4.79 Å². The summed E-state index contributed by atoms with van der Waals surface area (Å²) in [4.78, 5) is 13.7. The molecule has 0 aromatic heterocycles. The summed E-state index contributed by atoms with van der Waals surface area (Å²) in [7, 11) is 2.11. The number of likely N-dealkylation sites (N-methyl/N-ethyl adjacent to an activating group) is 1. The standard InChI is InChI=1S/C25H32N2O3/c1-4-6-16-27(3)23(19-26-18-22-10-8-7-9-11-22)17-21-12-14-24(15-13-21)30-20-25(28)29-5-2/h7-15,23,26H,5,16-20H2,1-3H3/t23-/m0/s1. The molecule has 0 saturated carbocycles. The van der Waals surface area contributed by atoms with E-state index >= 15 is 0 Å². The Balaban J connectivity index is 1.92. The lowest BCUT2D eigenvalue weighted by Gasteiger charge is -2.27. The topological polar surface area (TPSA) is 50.8 Å². The molecule has 0 bridgehead atoms. The van der Waals surface area contributed by atoms with Gasteiger partial charge in [0.05, 0.1) is 13.2 Å². The van der Waals surface area contributed by atoms with E-state index < -0.39 is 0 Å². The van der Waals surface area contributed by atoms with E-state index in [1.54, 1.807) is 6.92 Å². The maximum atomic E-state index is 11.4. The van der Waals surface area contributed by atoms with Crippen molar-refractivity contribution in [2.45, 2.75) is 32.9 Å². The predicted octanol–water partition coefficient (Wildman–Crippen LogP) is 3.28. The van der Waals surface area contributed by atoms with Gasteiger partial charge in [-0.05, 0) is 50.6 Å². The molecule has 0 aliphatic heterocycles. The molecular formula is C25H32N2O3. The molecule has 0 aliphatic carbocycles. The van der Waals surface area contributed by atoms with E-state index in [0.717, 1.165) is 26.1 Å². The lowest BCUT2D eigenvalue weighted by Crippen LogP contribution is -2.41. The van der Waals surface area contributed by atoms with Gasteiger partial charge in [0, 0.05) is 19.1 Å². The minimum atomic E-state index is -0.357. The Kier molecular flexibility index (Phi) is 10.5. The van der Waals surface area contributed by atoms with E-state index in [4.69, 9.17) is 9.47 Å². The van der Waals surface area contributed by atoms with Gasteiger partial charge >= 0.3 is 5.97 Å². The number of nitrogens with one attached hydrogen (secondary N) is 1. The van der Waals surface area contributed by atoms with Crippen molar-refractivity contribution in [1.29, 1.82) is 0 Å². The van der Waals surface area contributed by atoms with Crippen LogP contribution >= 0.6 is 0 Å². The minimum Gasteiger partial charge on any atom is -0.482 e. The zero-order valence-corrected chi connectivity index (χ0v) is 18.2. The number of hydrogen-bond acceptors (Lipinski definition) is 5. The molecule has 30 heavy (non-hydrogen) atoms. The summed E-state index contributed by atoms with van der Waals surface area (Å²) in [5.41, 5.74) is 2.48. The summed E-state index contributed by atoms with van der Waals surface area (Å²) in [6.07, 6.45) is 0.891. The second kappa shape index (κ2) is 13.4. The first-order valence-corrected chi connectivity index (χ1v) is 10.3. The van der Waals surface area contributed by atoms with Crippen LogP contribution in [-0.2, 0) is 22.5 Å². The monoisotopic (exact) mass is 408 g/mol. The van der Waals surface area contributed by atoms with Gasteiger partial charge in [-0.1, -0.05) is 48.4 Å². The largest absolute Gasteiger partial charge is 0.482 e. The molecule has 0 aliphatic rings. The van der Waals surface area contributed by atoms with Crippen molar-refractivity contribution < 1.29 is 14.3 Å². The number of benzene rings is 2. The van der Waals surface area contributed by atoms with Crippen LogP contribution in [0.3, 0.4) is 0 Å². The molecule has 2 rings (SSSR count). The van der Waals surface area contributed by atoms with E-state index in [2.05, 4.69) is 53.4 Å². The van der Waals surface area contributed by atoms with Crippen LogP contribution in [-0.4, -0.2) is 50.3 Å². The molecule has 5 heteroatoms. The molecule has 5 nitrogen and oxygen atoms in total. The Morgan fingerprint density at radius 3 is 2.50 bits per heavy atom. The molecule has 1 N–H and O–H groups in total. The Morgan fingerprint density at radius 2 is 1.83 bits per heavy atom. The summed E-state index contributed by atoms with van der Waals surface area (Å²) >= 11 is 0. The van der Waals surface area contributed by atoms with Crippen LogP contribution in [0.5, 0.6) is 5.75 Å². The lowest BCUT2D eigenvalue weighted by atomic mass is 10.0. The van der Waals surface area contributed by atoms with Gasteiger partial charge in [0.25, 0.3) is 0 Å². The van der Waals surface area contributed by atoms with E-state index in [1.165, 1.54) is 11.1 Å². The highest BCUT2D eigenvalue weighted by Crippen LogP contribution is 2.15. The van der Waals surface area contributed by atoms with Crippen molar-refractivity contribution in [2.24, 2.45) is 0 Å². The van der Waals surface area contributed by atoms with Crippen LogP contribution in [0.4, 0.5) is 0 Å². The molecule has 2 aromatic rings. The van der Waals surface area contributed by atoms with Crippen LogP contribution in [0.1, 0.15) is 25.0 Å². The van der Waals surface area contributed by atoms with Gasteiger partial charge < -0.3 is 14.8 Å². The summed E-state index contributed by atoms with van der Waals surface area (Å²) in [6.45, 7) is 6.36. The first-order valence-electron chi connectivity index (χ1n) is 10.3. The summed E-state index contributed by atoms with van der Waals surface area (Å²) in [6, 6.07) is 18.6. The number of ether oxygens (including phenoxy) is 2. The highest BCUT2D eigenvalue weighted by Gasteiger charge is 2.15. The normalized spacial score (nSPS) is 11.5. The quantitative estimate of drug-likeness (QED) is 0.431. The number of carbonyl (C=O) groups excluding carboxylic acids is 1. The molecule has 2 aromatic carbocycles. The molecule has 0 unspecified atom stereocenters. The number of carbonyl (C=O) groups is 1. The highest BCUT2D eigenvalue weighted by molar-refractivity contribution is 5.71. The van der Waals surface area contributed by atoms with E-state index in [1.807, 2.05) is 37.3 Å². The number of esters is 1. The van der Waals surface area contributed by atoms with Gasteiger partial charge in [-0.3, -0.25) is 4.90 Å². The third kappa shape index (κ3) is 8.69. The van der Waals surface area contributed by atoms with Crippen LogP contribution in [0.25, 0.3) is 0 Å². The average molecular weight is 409 g/mol. The molecular weight excluding hydrogens is 376 g/mol. The van der Waals surface area contributed by atoms with Crippen molar-refractivity contribution in [3.8, 4) is 17.6 Å². The van der Waals surface area contributed by atoms with Gasteiger partial charge in [-0.15, -0.1) is 5.92 Å². The average Bonchev–Trinajstić information content (AvgIpc) is 2.77. The second-order valence-corrected chi connectivity index (χ2v) is 7.05. The smallest absolute Gasteiger partial charge is 0.344 e. The van der Waals surface area contributed by atoms with Crippen molar-refractivity contribution in [3.05, 3.63) is 65.7 Å². The number of hydrogen-bond donors (Lipinski definition) is 1. The first-order chi connectivity index (χ1) is 14.6. The van der Waals surface area contributed by atoms with Gasteiger partial charge in [0.1, 0.15) is 5.75 Å². The zero-order chi connectivity index (χ0) is 21.6. The van der Waals surface area contributed by atoms with Gasteiger partial charge in [-0.2, -0.15) is 0 Å². The molecule has 0 amide bonds. The number of rotatable bonds is 12. The van der Waals surface area contributed by atoms with Crippen molar-refractivity contribution >= 4 is 5.97 Å². The first kappa shape index (κ1) is 23.5. The molecule has 0 fully saturated rings. The van der Waals surface area contributed by atoms with Crippen molar-refractivity contribution in [2.75, 3.05) is 33.4 Å². The Labute approximate surface area is 180 Å². The fourth-order valence-electron chi connectivity index (χ4n) is 3.03. The van der Waals surface area contributed by atoms with E-state index in [9.17, 15) is 4.79 Å². The third-order valence-corrected chi connectivity index (χ3v) is 4.74. The molecule has 0 saturated heterocycles. The maximum absolute atomic E-state index is 11.4. The van der Waals surface area contributed by atoms with Crippen LogP contribution in [0, 0.1) is 11.8 Å². The zero-order valence-electron chi connectivity index (χ0n) is 18.2. The molecule has 1 atom stereocenters. The Bertz CT molecular complexity index is 810. The summed E-state index contributed by atoms with van der Waals surface area (Å²) in [5.74, 6) is 6.43. The van der Waals surface area contributed by atoms with Gasteiger partial charge in [0.2, 0.25) is 0 Å². The second-order valence-electron chi connectivity index (χ2n) is 7.05. The molecule has 0 spiro atoms. The van der Waals surface area contributed by atoms with Crippen molar-refractivity contribution in [1.82, 2.24) is 10.2 Å². The predicted molar refractivity (Wildman–Crippen MR) is 120 cm³/mol. The Hall–Kier alpha value is -2.81. The number of nitrogens with zero attached hydrogens (tertiary/aromatic N) is 1. The lowest BCUT2D eigenvalue weighted by molar-refractivity contribution is -0.145. The summed E-state index contributed by atoms with van der Waals surface area (Å²) < 4.78 is 10.4. The third-order valence-electron chi connectivity index (χ3n) is 4.74. The fraction of sp³-hybridized carbons (Fsp3) is 0.400. The van der Waals surface area contributed by atoms with E-state index in [0.29, 0.717) is 18.4 Å². The molecule has 0 heterocycles. The Morgan fingerprint density at radius 1 is 1.10 bits per heavy atom. The van der Waals surface area contributed by atoms with Gasteiger partial charge in [0.15, 0.2) is 6.61 Å². The van der Waals surface area contributed by atoms with Crippen LogP contribution in [0.15, 0.2) is 54.6 Å². The van der Waals surface area contributed by atoms with E-state index in [-0.39, 0.29) is 12.6 Å². The van der Waals surface area contributed by atoms with Crippen molar-refractivity contribution in [3.63, 3.8) is 0 Å². The van der Waals surface area contributed by atoms with Crippen LogP contribution in [0.2, 0.25) is 0 Å². The highest BCUT2D eigenvalue weighted by atomic mass is 16.6. The van der Waals surface area contributed by atoms with Crippen LogP contribution < -0.4 is 10.1 Å².